The smallest absolute Gasteiger partial charge is 0.271 e. The van der Waals surface area contributed by atoms with Crippen molar-refractivity contribution in [1.29, 1.82) is 0 Å². The van der Waals surface area contributed by atoms with Crippen molar-refractivity contribution in [3.05, 3.63) is 98.5 Å². The third-order valence-electron chi connectivity index (χ3n) is 3.73. The zero-order chi connectivity index (χ0) is 19.9. The number of benzene rings is 3. The van der Waals surface area contributed by atoms with E-state index >= 15 is 0 Å². The Morgan fingerprint density at radius 2 is 1.75 bits per heavy atom. The lowest BCUT2D eigenvalue weighted by Gasteiger charge is -2.09. The summed E-state index contributed by atoms with van der Waals surface area (Å²) in [5.74, 6) is 0.199. The Balaban J connectivity index is 1.58. The molecule has 0 fully saturated rings. The number of hydrogen-bond acceptors (Lipinski definition) is 3. The lowest BCUT2D eigenvalue weighted by molar-refractivity contribution is 0.0955. The van der Waals surface area contributed by atoms with Gasteiger partial charge in [-0.15, -0.1) is 0 Å². The number of hydrogen-bond donors (Lipinski definition) is 1. The maximum absolute atomic E-state index is 12.0. The van der Waals surface area contributed by atoms with Crippen LogP contribution in [0, 0.1) is 0 Å². The molecule has 4 nitrogen and oxygen atoms in total. The molecule has 0 saturated carbocycles. The molecule has 142 valence electrons. The molecule has 3 aromatic rings. The zero-order valence-electron chi connectivity index (χ0n) is 14.5. The predicted octanol–water partition coefficient (Wildman–Crippen LogP) is 5.99. The second-order valence-electron chi connectivity index (χ2n) is 5.81. The van der Waals surface area contributed by atoms with E-state index < -0.39 is 0 Å². The van der Waals surface area contributed by atoms with Crippen LogP contribution in [-0.4, -0.2) is 12.1 Å². The molecular weight excluding hydrogens is 419 g/mol. The van der Waals surface area contributed by atoms with Crippen LogP contribution < -0.4 is 10.2 Å². The van der Waals surface area contributed by atoms with Crippen molar-refractivity contribution < 1.29 is 9.53 Å². The lowest BCUT2D eigenvalue weighted by atomic mass is 10.2. The highest BCUT2D eigenvalue weighted by Gasteiger charge is 2.05. The summed E-state index contributed by atoms with van der Waals surface area (Å²) in [6, 6.07) is 19.2. The maximum Gasteiger partial charge on any atom is 0.271 e. The SMILES string of the molecule is O=C(N/N=C\c1ccc(OCc2ccc(Cl)cc2)c(Cl)c1)c1cccc(Cl)c1. The summed E-state index contributed by atoms with van der Waals surface area (Å²) >= 11 is 18.0. The highest BCUT2D eigenvalue weighted by atomic mass is 35.5. The van der Waals surface area contributed by atoms with Crippen molar-refractivity contribution in [2.75, 3.05) is 0 Å². The Labute approximate surface area is 177 Å². The third kappa shape index (κ3) is 5.73. The molecule has 0 aliphatic carbocycles. The highest BCUT2D eigenvalue weighted by Crippen LogP contribution is 2.26. The van der Waals surface area contributed by atoms with Crippen molar-refractivity contribution in [2.45, 2.75) is 6.61 Å². The molecule has 0 heterocycles. The molecule has 3 rings (SSSR count). The minimum absolute atomic E-state index is 0.354. The number of hydrazone groups is 1. The second-order valence-corrected chi connectivity index (χ2v) is 7.09. The van der Waals surface area contributed by atoms with Gasteiger partial charge in [-0.2, -0.15) is 5.10 Å². The number of nitrogens with zero attached hydrogens (tertiary/aromatic N) is 1. The summed E-state index contributed by atoms with van der Waals surface area (Å²) in [4.78, 5) is 12.0. The average molecular weight is 434 g/mol. The van der Waals surface area contributed by atoms with Gasteiger partial charge in [0, 0.05) is 15.6 Å². The molecule has 0 spiro atoms. The van der Waals surface area contributed by atoms with Crippen LogP contribution in [0.3, 0.4) is 0 Å². The van der Waals surface area contributed by atoms with Crippen LogP contribution in [0.2, 0.25) is 15.1 Å². The van der Waals surface area contributed by atoms with Crippen molar-refractivity contribution >= 4 is 46.9 Å². The number of rotatable bonds is 6. The Bertz CT molecular complexity index is 1000. The molecule has 0 radical (unpaired) electrons. The first-order valence-corrected chi connectivity index (χ1v) is 9.40. The molecule has 3 aromatic carbocycles. The number of amides is 1. The Morgan fingerprint density at radius 1 is 0.964 bits per heavy atom. The molecule has 0 aliphatic rings. The van der Waals surface area contributed by atoms with E-state index in [0.717, 1.165) is 11.1 Å². The minimum Gasteiger partial charge on any atom is -0.487 e. The molecular formula is C21H15Cl3N2O2. The highest BCUT2D eigenvalue weighted by molar-refractivity contribution is 6.32. The first-order chi connectivity index (χ1) is 13.5. The van der Waals surface area contributed by atoms with Gasteiger partial charge in [-0.25, -0.2) is 5.43 Å². The first kappa shape index (κ1) is 20.2. The number of carbonyl (C=O) groups is 1. The quantitative estimate of drug-likeness (QED) is 0.383. The number of carbonyl (C=O) groups excluding carboxylic acids is 1. The van der Waals surface area contributed by atoms with Gasteiger partial charge in [0.2, 0.25) is 0 Å². The molecule has 0 unspecified atom stereocenters. The Kier molecular flexibility index (Phi) is 6.93. The molecule has 0 bridgehead atoms. The van der Waals surface area contributed by atoms with Crippen LogP contribution in [0.1, 0.15) is 21.5 Å². The van der Waals surface area contributed by atoms with E-state index in [4.69, 9.17) is 39.5 Å². The molecule has 1 amide bonds. The number of halogens is 3. The fourth-order valence-electron chi connectivity index (χ4n) is 2.32. The van der Waals surface area contributed by atoms with Crippen LogP contribution in [0.25, 0.3) is 0 Å². The van der Waals surface area contributed by atoms with Gasteiger partial charge in [0.15, 0.2) is 0 Å². The molecule has 0 aliphatic heterocycles. The molecule has 0 aromatic heterocycles. The van der Waals surface area contributed by atoms with Gasteiger partial charge in [-0.05, 0) is 59.7 Å². The van der Waals surface area contributed by atoms with Gasteiger partial charge < -0.3 is 4.74 Å². The van der Waals surface area contributed by atoms with Crippen molar-refractivity contribution in [2.24, 2.45) is 5.10 Å². The van der Waals surface area contributed by atoms with Crippen molar-refractivity contribution in [3.63, 3.8) is 0 Å². The summed E-state index contributed by atoms with van der Waals surface area (Å²) in [6.07, 6.45) is 1.50. The second kappa shape index (κ2) is 9.60. The van der Waals surface area contributed by atoms with Crippen LogP contribution in [0.5, 0.6) is 5.75 Å². The van der Waals surface area contributed by atoms with Crippen molar-refractivity contribution in [1.82, 2.24) is 5.43 Å². The zero-order valence-corrected chi connectivity index (χ0v) is 16.8. The summed E-state index contributed by atoms with van der Waals surface area (Å²) in [5.41, 5.74) is 4.57. The number of ether oxygens (including phenoxy) is 1. The Hall–Kier alpha value is -2.53. The van der Waals surface area contributed by atoms with Gasteiger partial charge in [0.05, 0.1) is 11.2 Å². The first-order valence-electron chi connectivity index (χ1n) is 8.27. The summed E-state index contributed by atoms with van der Waals surface area (Å²) in [5, 5.41) is 5.54. The molecule has 1 N–H and O–H groups in total. The molecule has 0 saturated heterocycles. The maximum atomic E-state index is 12.0. The average Bonchev–Trinajstić information content (AvgIpc) is 2.68. The summed E-state index contributed by atoms with van der Waals surface area (Å²) < 4.78 is 5.73. The van der Waals surface area contributed by atoms with Crippen molar-refractivity contribution in [3.8, 4) is 5.75 Å². The van der Waals surface area contributed by atoms with E-state index in [0.29, 0.717) is 33.0 Å². The fraction of sp³-hybridized carbons (Fsp3) is 0.0476. The third-order valence-corrected chi connectivity index (χ3v) is 4.51. The lowest BCUT2D eigenvalue weighted by Crippen LogP contribution is -2.17. The van der Waals surface area contributed by atoms with Crippen LogP contribution >= 0.6 is 34.8 Å². The molecule has 7 heteroatoms. The standard InChI is InChI=1S/C21H15Cl3N2O2/c22-17-7-4-14(5-8-17)13-28-20-9-6-15(10-19(20)24)12-25-26-21(27)16-2-1-3-18(23)11-16/h1-12H,13H2,(H,26,27)/b25-12-. The predicted molar refractivity (Wildman–Crippen MR) is 114 cm³/mol. The van der Waals surface area contributed by atoms with E-state index in [2.05, 4.69) is 10.5 Å². The van der Waals surface area contributed by atoms with E-state index in [-0.39, 0.29) is 5.91 Å². The van der Waals surface area contributed by atoms with Crippen LogP contribution in [0.4, 0.5) is 0 Å². The van der Waals surface area contributed by atoms with Gasteiger partial charge >= 0.3 is 0 Å². The van der Waals surface area contributed by atoms with E-state index in [1.54, 1.807) is 54.6 Å². The normalized spacial score (nSPS) is 10.8. The molecule has 28 heavy (non-hydrogen) atoms. The fourth-order valence-corrected chi connectivity index (χ4v) is 2.88. The Morgan fingerprint density at radius 3 is 2.46 bits per heavy atom. The van der Waals surface area contributed by atoms with Gasteiger partial charge in [0.25, 0.3) is 5.91 Å². The van der Waals surface area contributed by atoms with E-state index in [9.17, 15) is 4.79 Å². The monoisotopic (exact) mass is 432 g/mol. The minimum atomic E-state index is -0.354. The van der Waals surface area contributed by atoms with Gasteiger partial charge in [-0.3, -0.25) is 4.79 Å². The summed E-state index contributed by atoms with van der Waals surface area (Å²) in [6.45, 7) is 0.375. The van der Waals surface area contributed by atoms with Gasteiger partial charge in [0.1, 0.15) is 12.4 Å². The van der Waals surface area contributed by atoms with Crippen LogP contribution in [-0.2, 0) is 6.61 Å². The van der Waals surface area contributed by atoms with E-state index in [1.165, 1.54) is 6.21 Å². The van der Waals surface area contributed by atoms with E-state index in [1.807, 2.05) is 12.1 Å². The topological polar surface area (TPSA) is 50.7 Å². The van der Waals surface area contributed by atoms with Gasteiger partial charge in [-0.1, -0.05) is 53.0 Å². The van der Waals surface area contributed by atoms with Crippen LogP contribution in [0.15, 0.2) is 71.8 Å². The summed E-state index contributed by atoms with van der Waals surface area (Å²) in [7, 11) is 0. The number of nitrogens with one attached hydrogen (secondary N) is 1. The largest absolute Gasteiger partial charge is 0.487 e. The molecule has 0 atom stereocenters.